The Morgan fingerprint density at radius 2 is 1.76 bits per heavy atom. The molecular weight excluding hydrogens is 466 g/mol. The maximum Gasteiger partial charge on any atom is 0.209 e. The zero-order valence-corrected chi connectivity index (χ0v) is 19.5. The van der Waals surface area contributed by atoms with Crippen molar-refractivity contribution in [1.82, 2.24) is 30.0 Å². The molecule has 0 unspecified atom stereocenters. The Bertz CT molecular complexity index is 1450. The number of tetrazole rings is 1. The standard InChI is InChI=1S/C25H18ClN7S/c26-21-7-4-8-22(13-21)33-25(34-17-20-5-2-1-3-6-20)23(15-28-33)24-29-31-32(30-24)16-19-11-9-18(14-27)10-12-19/h1-13,15H,16-17H2. The minimum atomic E-state index is 0.452. The van der Waals surface area contributed by atoms with Gasteiger partial charge in [0.1, 0.15) is 5.03 Å². The molecule has 5 aromatic rings. The summed E-state index contributed by atoms with van der Waals surface area (Å²) in [5, 5.41) is 28.3. The van der Waals surface area contributed by atoms with Crippen molar-refractivity contribution in [2.24, 2.45) is 0 Å². The number of benzene rings is 3. The molecule has 0 amide bonds. The Morgan fingerprint density at radius 3 is 2.53 bits per heavy atom. The first kappa shape index (κ1) is 21.9. The maximum absolute atomic E-state index is 8.98. The number of aromatic nitrogens is 6. The summed E-state index contributed by atoms with van der Waals surface area (Å²) in [6.07, 6.45) is 1.76. The molecule has 9 heteroatoms. The number of halogens is 1. The first-order chi connectivity index (χ1) is 16.7. The highest BCUT2D eigenvalue weighted by Gasteiger charge is 2.19. The van der Waals surface area contributed by atoms with Gasteiger partial charge < -0.3 is 0 Å². The van der Waals surface area contributed by atoms with Gasteiger partial charge in [-0.05, 0) is 46.7 Å². The van der Waals surface area contributed by atoms with Gasteiger partial charge in [-0.2, -0.15) is 15.2 Å². The number of rotatable bonds is 7. The van der Waals surface area contributed by atoms with E-state index in [4.69, 9.17) is 16.9 Å². The van der Waals surface area contributed by atoms with Crippen LogP contribution in [0.25, 0.3) is 17.1 Å². The zero-order chi connectivity index (χ0) is 23.3. The van der Waals surface area contributed by atoms with Gasteiger partial charge in [-0.1, -0.05) is 60.1 Å². The number of hydrogen-bond acceptors (Lipinski definition) is 6. The van der Waals surface area contributed by atoms with Crippen LogP contribution >= 0.6 is 23.4 Å². The molecule has 0 aliphatic carbocycles. The summed E-state index contributed by atoms with van der Waals surface area (Å²) in [6.45, 7) is 0.452. The third kappa shape index (κ3) is 4.86. The van der Waals surface area contributed by atoms with Crippen LogP contribution in [0.5, 0.6) is 0 Å². The highest BCUT2D eigenvalue weighted by Crippen LogP contribution is 2.34. The fraction of sp³-hybridized carbons (Fsp3) is 0.0800. The van der Waals surface area contributed by atoms with Crippen LogP contribution < -0.4 is 0 Å². The van der Waals surface area contributed by atoms with E-state index in [0.717, 1.165) is 27.6 Å². The van der Waals surface area contributed by atoms with E-state index in [9.17, 15) is 0 Å². The van der Waals surface area contributed by atoms with Gasteiger partial charge in [-0.3, -0.25) is 0 Å². The minimum absolute atomic E-state index is 0.452. The molecule has 2 heterocycles. The molecule has 0 bridgehead atoms. The molecule has 0 aliphatic rings. The highest BCUT2D eigenvalue weighted by atomic mass is 35.5. The van der Waals surface area contributed by atoms with Crippen molar-refractivity contribution < 1.29 is 0 Å². The molecule has 3 aromatic carbocycles. The molecule has 0 aliphatic heterocycles. The fourth-order valence-electron chi connectivity index (χ4n) is 3.41. The molecule has 0 saturated carbocycles. The number of thioether (sulfide) groups is 1. The van der Waals surface area contributed by atoms with E-state index in [2.05, 4.69) is 38.7 Å². The Labute approximate surface area is 205 Å². The Morgan fingerprint density at radius 1 is 0.941 bits per heavy atom. The molecular formula is C25H18ClN7S. The molecule has 0 fully saturated rings. The van der Waals surface area contributed by atoms with E-state index >= 15 is 0 Å². The molecule has 2 aromatic heterocycles. The molecule has 0 saturated heterocycles. The molecule has 7 nitrogen and oxygen atoms in total. The normalized spacial score (nSPS) is 10.8. The molecule has 0 N–H and O–H groups in total. The Hall–Kier alpha value is -3.93. The van der Waals surface area contributed by atoms with E-state index in [1.165, 1.54) is 5.56 Å². The summed E-state index contributed by atoms with van der Waals surface area (Å²) in [7, 11) is 0. The van der Waals surface area contributed by atoms with Crippen molar-refractivity contribution in [3.05, 3.63) is 107 Å². The van der Waals surface area contributed by atoms with E-state index in [0.29, 0.717) is 23.0 Å². The van der Waals surface area contributed by atoms with Crippen molar-refractivity contribution in [3.8, 4) is 23.1 Å². The second kappa shape index (κ2) is 9.91. The first-order valence-corrected chi connectivity index (χ1v) is 11.8. The summed E-state index contributed by atoms with van der Waals surface area (Å²) < 4.78 is 1.86. The van der Waals surface area contributed by atoms with E-state index in [1.807, 2.05) is 59.3 Å². The second-order valence-electron chi connectivity index (χ2n) is 7.48. The average Bonchev–Trinajstić information content (AvgIpc) is 3.51. The predicted octanol–water partition coefficient (Wildman–Crippen LogP) is 5.39. The van der Waals surface area contributed by atoms with Crippen LogP contribution in [0.2, 0.25) is 5.02 Å². The Kier molecular flexibility index (Phi) is 6.38. The van der Waals surface area contributed by atoms with Crippen molar-refractivity contribution in [2.75, 3.05) is 0 Å². The molecule has 0 radical (unpaired) electrons. The third-order valence-electron chi connectivity index (χ3n) is 5.10. The average molecular weight is 484 g/mol. The lowest BCUT2D eigenvalue weighted by Crippen LogP contribution is -2.04. The summed E-state index contributed by atoms with van der Waals surface area (Å²) >= 11 is 7.90. The third-order valence-corrected chi connectivity index (χ3v) is 6.48. The maximum atomic E-state index is 8.98. The van der Waals surface area contributed by atoms with Gasteiger partial charge in [0.2, 0.25) is 5.82 Å². The summed E-state index contributed by atoms with van der Waals surface area (Å²) in [5.41, 5.74) is 4.46. The largest absolute Gasteiger partial charge is 0.226 e. The Balaban J connectivity index is 1.46. The van der Waals surface area contributed by atoms with Crippen LogP contribution in [0.3, 0.4) is 0 Å². The summed E-state index contributed by atoms with van der Waals surface area (Å²) in [5.74, 6) is 1.26. The van der Waals surface area contributed by atoms with Gasteiger partial charge >= 0.3 is 0 Å². The van der Waals surface area contributed by atoms with Crippen molar-refractivity contribution >= 4 is 23.4 Å². The molecule has 0 spiro atoms. The van der Waals surface area contributed by atoms with Crippen LogP contribution in [0.4, 0.5) is 0 Å². The van der Waals surface area contributed by atoms with Crippen molar-refractivity contribution in [3.63, 3.8) is 0 Å². The van der Waals surface area contributed by atoms with Gasteiger partial charge in [0, 0.05) is 10.8 Å². The summed E-state index contributed by atoms with van der Waals surface area (Å²) in [4.78, 5) is 1.54. The van der Waals surface area contributed by atoms with Crippen LogP contribution in [0, 0.1) is 11.3 Å². The van der Waals surface area contributed by atoms with Crippen LogP contribution in [-0.2, 0) is 12.3 Å². The lowest BCUT2D eigenvalue weighted by molar-refractivity contribution is 0.573. The van der Waals surface area contributed by atoms with E-state index < -0.39 is 0 Å². The lowest BCUT2D eigenvalue weighted by Gasteiger charge is -2.09. The first-order valence-electron chi connectivity index (χ1n) is 10.5. The quantitative estimate of drug-likeness (QED) is 0.288. The van der Waals surface area contributed by atoms with E-state index in [1.54, 1.807) is 34.9 Å². The van der Waals surface area contributed by atoms with Gasteiger partial charge in [0.05, 0.1) is 35.6 Å². The van der Waals surface area contributed by atoms with Gasteiger partial charge in [-0.15, -0.1) is 22.0 Å². The molecule has 5 rings (SSSR count). The zero-order valence-electron chi connectivity index (χ0n) is 17.9. The molecule has 166 valence electrons. The number of hydrogen-bond donors (Lipinski definition) is 0. The van der Waals surface area contributed by atoms with Crippen LogP contribution in [0.15, 0.2) is 90.1 Å². The molecule has 0 atom stereocenters. The van der Waals surface area contributed by atoms with Crippen molar-refractivity contribution in [2.45, 2.75) is 17.3 Å². The van der Waals surface area contributed by atoms with Gasteiger partial charge in [-0.25, -0.2) is 4.68 Å². The van der Waals surface area contributed by atoms with E-state index in [-0.39, 0.29) is 0 Å². The second-order valence-corrected chi connectivity index (χ2v) is 8.88. The van der Waals surface area contributed by atoms with Gasteiger partial charge in [0.25, 0.3) is 0 Å². The number of nitriles is 1. The lowest BCUT2D eigenvalue weighted by atomic mass is 10.1. The number of nitrogens with zero attached hydrogens (tertiary/aromatic N) is 7. The van der Waals surface area contributed by atoms with Crippen LogP contribution in [0.1, 0.15) is 16.7 Å². The minimum Gasteiger partial charge on any atom is -0.226 e. The van der Waals surface area contributed by atoms with Crippen molar-refractivity contribution in [1.29, 1.82) is 5.26 Å². The highest BCUT2D eigenvalue weighted by molar-refractivity contribution is 7.98. The smallest absolute Gasteiger partial charge is 0.209 e. The topological polar surface area (TPSA) is 85.2 Å². The monoisotopic (exact) mass is 483 g/mol. The molecule has 34 heavy (non-hydrogen) atoms. The predicted molar refractivity (Wildman–Crippen MR) is 132 cm³/mol. The summed E-state index contributed by atoms with van der Waals surface area (Å²) in [6, 6.07) is 27.3. The SMILES string of the molecule is N#Cc1ccc(Cn2nnc(-c3cnn(-c4cccc(Cl)c4)c3SCc3ccccc3)n2)cc1. The van der Waals surface area contributed by atoms with Crippen LogP contribution in [-0.4, -0.2) is 30.0 Å². The van der Waals surface area contributed by atoms with Gasteiger partial charge in [0.15, 0.2) is 0 Å². The fourth-order valence-corrected chi connectivity index (χ4v) is 4.67.